The summed E-state index contributed by atoms with van der Waals surface area (Å²) < 4.78 is 1.99. The third-order valence-corrected chi connectivity index (χ3v) is 4.69. The second-order valence-electron chi connectivity index (χ2n) is 6.00. The van der Waals surface area contributed by atoms with Crippen molar-refractivity contribution in [1.82, 2.24) is 14.7 Å². The number of hydrogen-bond donors (Lipinski definition) is 1. The van der Waals surface area contributed by atoms with E-state index in [0.29, 0.717) is 0 Å². The lowest BCUT2D eigenvalue weighted by Crippen LogP contribution is -2.29. The van der Waals surface area contributed by atoms with E-state index in [1.807, 2.05) is 22.7 Å². The molecule has 1 fully saturated rings. The highest BCUT2D eigenvalue weighted by atomic mass is 35.5. The monoisotopic (exact) mass is 291 g/mol. The maximum absolute atomic E-state index is 5.99. The van der Waals surface area contributed by atoms with Crippen LogP contribution in [-0.4, -0.2) is 15.9 Å². The summed E-state index contributed by atoms with van der Waals surface area (Å²) in [6.07, 6.45) is 9.51. The van der Waals surface area contributed by atoms with Gasteiger partial charge in [0.1, 0.15) is 5.65 Å². The summed E-state index contributed by atoms with van der Waals surface area (Å²) in [4.78, 5) is 4.60. The third-order valence-electron chi connectivity index (χ3n) is 4.47. The van der Waals surface area contributed by atoms with Crippen LogP contribution >= 0.6 is 11.6 Å². The molecule has 3 nitrogen and oxygen atoms in total. The normalized spacial score (nSPS) is 23.3. The Bertz CT molecular complexity index is 578. The van der Waals surface area contributed by atoms with Gasteiger partial charge < -0.3 is 9.72 Å². The smallest absolute Gasteiger partial charge is 0.137 e. The van der Waals surface area contributed by atoms with Gasteiger partial charge in [-0.1, -0.05) is 37.8 Å². The number of nitrogens with zero attached hydrogens (tertiary/aromatic N) is 2. The van der Waals surface area contributed by atoms with Crippen LogP contribution in [0.4, 0.5) is 0 Å². The van der Waals surface area contributed by atoms with E-state index in [-0.39, 0.29) is 0 Å². The lowest BCUT2D eigenvalue weighted by molar-refractivity contribution is 0.247. The molecular weight excluding hydrogens is 270 g/mol. The number of imidazole rings is 1. The van der Waals surface area contributed by atoms with Gasteiger partial charge in [-0.05, 0) is 36.9 Å². The first-order chi connectivity index (χ1) is 9.72. The van der Waals surface area contributed by atoms with Crippen LogP contribution in [0.25, 0.3) is 5.65 Å². The topological polar surface area (TPSA) is 29.3 Å². The molecule has 1 aliphatic carbocycles. The van der Waals surface area contributed by atoms with E-state index in [1.165, 1.54) is 25.7 Å². The molecule has 2 unspecified atom stereocenters. The molecule has 2 heterocycles. The van der Waals surface area contributed by atoms with Crippen molar-refractivity contribution < 1.29 is 0 Å². The van der Waals surface area contributed by atoms with Gasteiger partial charge in [0.15, 0.2) is 0 Å². The van der Waals surface area contributed by atoms with Crippen LogP contribution in [0.2, 0.25) is 5.02 Å². The van der Waals surface area contributed by atoms with E-state index in [9.17, 15) is 0 Å². The molecule has 1 aliphatic rings. The molecule has 0 saturated heterocycles. The number of pyridine rings is 1. The minimum absolute atomic E-state index is 0.741. The van der Waals surface area contributed by atoms with Crippen LogP contribution < -0.4 is 5.32 Å². The van der Waals surface area contributed by atoms with Gasteiger partial charge in [0, 0.05) is 18.9 Å². The fraction of sp³-hybridized carbons (Fsp3) is 0.562. The molecule has 0 bridgehead atoms. The lowest BCUT2D eigenvalue weighted by atomic mass is 9.80. The Morgan fingerprint density at radius 1 is 1.30 bits per heavy atom. The first kappa shape index (κ1) is 13.9. The molecule has 2 aromatic rings. The van der Waals surface area contributed by atoms with Gasteiger partial charge in [-0.25, -0.2) is 4.98 Å². The van der Waals surface area contributed by atoms with Crippen LogP contribution in [-0.2, 0) is 6.54 Å². The summed E-state index contributed by atoms with van der Waals surface area (Å²) in [6.45, 7) is 4.33. The number of rotatable bonds is 4. The van der Waals surface area contributed by atoms with Crippen LogP contribution in [0, 0.1) is 11.8 Å². The summed E-state index contributed by atoms with van der Waals surface area (Å²) in [6, 6.07) is 3.83. The Morgan fingerprint density at radius 2 is 2.15 bits per heavy atom. The molecule has 0 radical (unpaired) electrons. The van der Waals surface area contributed by atoms with Crippen LogP contribution in [0.5, 0.6) is 0 Å². The van der Waals surface area contributed by atoms with Gasteiger partial charge >= 0.3 is 0 Å². The zero-order valence-corrected chi connectivity index (χ0v) is 12.7. The van der Waals surface area contributed by atoms with E-state index in [4.69, 9.17) is 11.6 Å². The van der Waals surface area contributed by atoms with Gasteiger partial charge in [0.2, 0.25) is 0 Å². The van der Waals surface area contributed by atoms with Crippen LogP contribution in [0.3, 0.4) is 0 Å². The van der Waals surface area contributed by atoms with E-state index < -0.39 is 0 Å². The van der Waals surface area contributed by atoms with E-state index >= 15 is 0 Å². The molecule has 1 N–H and O–H groups in total. The van der Waals surface area contributed by atoms with Gasteiger partial charge in [-0.15, -0.1) is 0 Å². The van der Waals surface area contributed by atoms with E-state index in [1.54, 1.807) is 0 Å². The maximum Gasteiger partial charge on any atom is 0.137 e. The van der Waals surface area contributed by atoms with Crippen LogP contribution in [0.15, 0.2) is 24.5 Å². The Labute approximate surface area is 125 Å². The van der Waals surface area contributed by atoms with Crippen molar-refractivity contribution in [3.8, 4) is 0 Å². The Balaban J connectivity index is 1.57. The van der Waals surface area contributed by atoms with Gasteiger partial charge in [0.25, 0.3) is 0 Å². The van der Waals surface area contributed by atoms with Crippen molar-refractivity contribution >= 4 is 17.2 Å². The van der Waals surface area contributed by atoms with Crippen molar-refractivity contribution in [2.75, 3.05) is 6.54 Å². The number of aromatic nitrogens is 2. The molecule has 0 aliphatic heterocycles. The van der Waals surface area contributed by atoms with Crippen molar-refractivity contribution in [3.63, 3.8) is 0 Å². The summed E-state index contributed by atoms with van der Waals surface area (Å²) in [5.41, 5.74) is 2.04. The number of nitrogens with one attached hydrogen (secondary N) is 1. The van der Waals surface area contributed by atoms with Gasteiger partial charge in [0.05, 0.1) is 10.7 Å². The predicted octanol–water partition coefficient (Wildman–Crippen LogP) is 3.90. The number of hydrogen-bond acceptors (Lipinski definition) is 2. The van der Waals surface area contributed by atoms with Crippen molar-refractivity contribution in [2.24, 2.45) is 11.8 Å². The predicted molar refractivity (Wildman–Crippen MR) is 83.0 cm³/mol. The second-order valence-corrected chi connectivity index (χ2v) is 6.43. The highest BCUT2D eigenvalue weighted by Crippen LogP contribution is 2.28. The molecule has 20 heavy (non-hydrogen) atoms. The summed E-state index contributed by atoms with van der Waals surface area (Å²) in [7, 11) is 0. The zero-order chi connectivity index (χ0) is 13.9. The average molecular weight is 292 g/mol. The quantitative estimate of drug-likeness (QED) is 0.925. The minimum Gasteiger partial charge on any atom is -0.311 e. The summed E-state index contributed by atoms with van der Waals surface area (Å²) in [5.74, 6) is 1.69. The Kier molecular flexibility index (Phi) is 4.27. The molecule has 4 heteroatoms. The third kappa shape index (κ3) is 3.15. The molecule has 2 atom stereocenters. The molecule has 2 aromatic heterocycles. The highest BCUT2D eigenvalue weighted by Gasteiger charge is 2.20. The minimum atomic E-state index is 0.741. The molecular formula is C16H22ClN3. The average Bonchev–Trinajstić information content (AvgIpc) is 2.83. The molecule has 0 spiro atoms. The summed E-state index contributed by atoms with van der Waals surface area (Å²) in [5, 5.41) is 4.31. The van der Waals surface area contributed by atoms with Gasteiger partial charge in [-0.2, -0.15) is 0 Å². The highest BCUT2D eigenvalue weighted by molar-refractivity contribution is 6.30. The molecule has 0 aromatic carbocycles. The molecule has 3 rings (SSSR count). The standard InChI is InChI=1S/C16H22ClN3/c1-12-4-2-3-5-13(12)8-18-9-15-11-20-10-14(17)6-7-16(20)19-15/h6-7,10-13,18H,2-5,8-9H2,1H3. The summed E-state index contributed by atoms with van der Waals surface area (Å²) >= 11 is 5.99. The maximum atomic E-state index is 5.99. The van der Waals surface area contributed by atoms with E-state index in [2.05, 4.69) is 23.4 Å². The Hall–Kier alpha value is -1.06. The number of halogens is 1. The second kappa shape index (κ2) is 6.15. The molecule has 1 saturated carbocycles. The van der Waals surface area contributed by atoms with Gasteiger partial charge in [-0.3, -0.25) is 0 Å². The SMILES string of the molecule is CC1CCCCC1CNCc1cn2cc(Cl)ccc2n1. The zero-order valence-electron chi connectivity index (χ0n) is 12.0. The van der Waals surface area contributed by atoms with E-state index in [0.717, 1.165) is 41.3 Å². The van der Waals surface area contributed by atoms with Crippen molar-refractivity contribution in [3.05, 3.63) is 35.2 Å². The number of fused-ring (bicyclic) bond motifs is 1. The van der Waals surface area contributed by atoms with Crippen LogP contribution in [0.1, 0.15) is 38.3 Å². The fourth-order valence-corrected chi connectivity index (χ4v) is 3.35. The molecule has 0 amide bonds. The fourth-order valence-electron chi connectivity index (χ4n) is 3.18. The van der Waals surface area contributed by atoms with Crippen molar-refractivity contribution in [1.29, 1.82) is 0 Å². The Morgan fingerprint density at radius 3 is 3.00 bits per heavy atom. The van der Waals surface area contributed by atoms with Crippen molar-refractivity contribution in [2.45, 2.75) is 39.2 Å². The first-order valence-corrected chi connectivity index (χ1v) is 7.94. The largest absolute Gasteiger partial charge is 0.311 e. The first-order valence-electron chi connectivity index (χ1n) is 7.56. The lowest BCUT2D eigenvalue weighted by Gasteiger charge is -2.28. The molecule has 108 valence electrons.